The molecule has 1 amide bonds. The van der Waals surface area contributed by atoms with Crippen LogP contribution in [0.1, 0.15) is 26.2 Å². The van der Waals surface area contributed by atoms with E-state index < -0.39 is 0 Å². The summed E-state index contributed by atoms with van der Waals surface area (Å²) in [6.45, 7) is 6.26. The summed E-state index contributed by atoms with van der Waals surface area (Å²) in [6, 6.07) is 0. The molecule has 2 heterocycles. The summed E-state index contributed by atoms with van der Waals surface area (Å²) < 4.78 is 4.86. The number of hydrogen-bond donors (Lipinski definition) is 0. The molecule has 15 heavy (non-hydrogen) atoms. The van der Waals surface area contributed by atoms with Gasteiger partial charge in [0.1, 0.15) is 0 Å². The van der Waals surface area contributed by atoms with E-state index in [0.717, 1.165) is 45.4 Å². The maximum Gasteiger partial charge on any atom is 0.409 e. The van der Waals surface area contributed by atoms with E-state index in [2.05, 4.69) is 11.8 Å². The molecule has 0 bridgehead atoms. The van der Waals surface area contributed by atoms with Crippen LogP contribution >= 0.6 is 0 Å². The first-order chi connectivity index (χ1) is 7.22. The van der Waals surface area contributed by atoms with Gasteiger partial charge >= 0.3 is 6.09 Å². The van der Waals surface area contributed by atoms with Crippen molar-refractivity contribution < 1.29 is 9.53 Å². The summed E-state index contributed by atoms with van der Waals surface area (Å²) in [5.74, 6) is 0. The third-order valence-electron chi connectivity index (χ3n) is 3.85. The van der Waals surface area contributed by atoms with Crippen LogP contribution in [-0.4, -0.2) is 54.7 Å². The largest absolute Gasteiger partial charge is 0.453 e. The van der Waals surface area contributed by atoms with Gasteiger partial charge in [0, 0.05) is 19.6 Å². The molecule has 0 radical (unpaired) electrons. The van der Waals surface area contributed by atoms with Crippen LogP contribution in [0.5, 0.6) is 0 Å². The Kier molecular flexibility index (Phi) is 2.87. The molecule has 0 aromatic heterocycles. The minimum absolute atomic E-state index is 0.0864. The van der Waals surface area contributed by atoms with Crippen LogP contribution in [0.25, 0.3) is 0 Å². The standard InChI is InChI=1S/C11H20N2O2/c1-3-12-8-6-11(9-12)5-4-7-13(11)10(14)15-2/h3-9H2,1-2H3. The molecule has 0 aliphatic carbocycles. The third-order valence-corrected chi connectivity index (χ3v) is 3.85. The molecule has 0 saturated carbocycles. The van der Waals surface area contributed by atoms with Gasteiger partial charge in [-0.15, -0.1) is 0 Å². The second-order valence-electron chi connectivity index (χ2n) is 4.57. The topological polar surface area (TPSA) is 32.8 Å². The number of hydrogen-bond acceptors (Lipinski definition) is 3. The van der Waals surface area contributed by atoms with Gasteiger partial charge < -0.3 is 14.5 Å². The highest BCUT2D eigenvalue weighted by Gasteiger charge is 2.48. The number of methoxy groups -OCH3 is 1. The average Bonchev–Trinajstić information content (AvgIpc) is 2.86. The maximum absolute atomic E-state index is 11.7. The van der Waals surface area contributed by atoms with Gasteiger partial charge in [-0.3, -0.25) is 0 Å². The van der Waals surface area contributed by atoms with Crippen molar-refractivity contribution in [2.45, 2.75) is 31.7 Å². The van der Waals surface area contributed by atoms with E-state index in [0.29, 0.717) is 0 Å². The number of amides is 1. The third kappa shape index (κ3) is 1.71. The zero-order valence-corrected chi connectivity index (χ0v) is 9.66. The lowest BCUT2D eigenvalue weighted by Crippen LogP contribution is -2.49. The molecule has 2 aliphatic rings. The fourth-order valence-corrected chi connectivity index (χ4v) is 2.97. The molecular formula is C11H20N2O2. The van der Waals surface area contributed by atoms with E-state index >= 15 is 0 Å². The second-order valence-corrected chi connectivity index (χ2v) is 4.57. The highest BCUT2D eigenvalue weighted by Crippen LogP contribution is 2.37. The number of carbonyl (C=O) groups is 1. The monoisotopic (exact) mass is 212 g/mol. The van der Waals surface area contributed by atoms with Crippen LogP contribution in [0, 0.1) is 0 Å². The van der Waals surface area contributed by atoms with Crippen LogP contribution in [-0.2, 0) is 4.74 Å². The van der Waals surface area contributed by atoms with Crippen molar-refractivity contribution in [2.24, 2.45) is 0 Å². The van der Waals surface area contributed by atoms with Crippen LogP contribution < -0.4 is 0 Å². The van der Waals surface area contributed by atoms with E-state index in [1.165, 1.54) is 7.11 Å². The molecule has 4 nitrogen and oxygen atoms in total. The number of carbonyl (C=O) groups excluding carboxylic acids is 1. The molecule has 2 rings (SSSR count). The van der Waals surface area contributed by atoms with Crippen molar-refractivity contribution in [3.05, 3.63) is 0 Å². The van der Waals surface area contributed by atoms with Gasteiger partial charge in [-0.25, -0.2) is 4.79 Å². The second kappa shape index (κ2) is 4.00. The first-order valence-corrected chi connectivity index (χ1v) is 5.80. The van der Waals surface area contributed by atoms with E-state index in [1.807, 2.05) is 4.90 Å². The molecule has 1 unspecified atom stereocenters. The molecule has 2 fully saturated rings. The van der Waals surface area contributed by atoms with E-state index in [1.54, 1.807) is 0 Å². The summed E-state index contributed by atoms with van der Waals surface area (Å²) in [5, 5.41) is 0. The molecule has 0 N–H and O–H groups in total. The van der Waals surface area contributed by atoms with Crippen molar-refractivity contribution in [3.63, 3.8) is 0 Å². The first-order valence-electron chi connectivity index (χ1n) is 5.80. The van der Waals surface area contributed by atoms with Crippen molar-refractivity contribution >= 4 is 6.09 Å². The minimum Gasteiger partial charge on any atom is -0.453 e. The van der Waals surface area contributed by atoms with E-state index in [-0.39, 0.29) is 11.6 Å². The van der Waals surface area contributed by atoms with Gasteiger partial charge in [0.05, 0.1) is 12.6 Å². The highest BCUT2D eigenvalue weighted by molar-refractivity contribution is 5.69. The van der Waals surface area contributed by atoms with Crippen LogP contribution in [0.2, 0.25) is 0 Å². The minimum atomic E-state index is -0.148. The normalized spacial score (nSPS) is 31.5. The Bertz CT molecular complexity index is 257. The zero-order valence-electron chi connectivity index (χ0n) is 9.66. The number of ether oxygens (including phenoxy) is 1. The predicted molar refractivity (Wildman–Crippen MR) is 57.8 cm³/mol. The number of nitrogens with zero attached hydrogens (tertiary/aromatic N) is 2. The SMILES string of the molecule is CCN1CCC2(CCCN2C(=O)OC)C1. The van der Waals surface area contributed by atoms with E-state index in [9.17, 15) is 4.79 Å². The molecule has 1 atom stereocenters. The molecule has 0 aromatic rings. The van der Waals surface area contributed by atoms with E-state index in [4.69, 9.17) is 4.74 Å². The Morgan fingerprint density at radius 3 is 2.80 bits per heavy atom. The number of likely N-dealkylation sites (N-methyl/N-ethyl adjacent to an activating group) is 1. The summed E-state index contributed by atoms with van der Waals surface area (Å²) >= 11 is 0. The molecule has 0 aromatic carbocycles. The lowest BCUT2D eigenvalue weighted by atomic mass is 9.95. The lowest BCUT2D eigenvalue weighted by Gasteiger charge is -2.33. The fourth-order valence-electron chi connectivity index (χ4n) is 2.97. The summed E-state index contributed by atoms with van der Waals surface area (Å²) in [4.78, 5) is 16.0. The molecule has 2 saturated heterocycles. The maximum atomic E-state index is 11.7. The smallest absolute Gasteiger partial charge is 0.409 e. The van der Waals surface area contributed by atoms with Gasteiger partial charge in [-0.1, -0.05) is 6.92 Å². The molecule has 86 valence electrons. The quantitative estimate of drug-likeness (QED) is 0.657. The van der Waals surface area contributed by atoms with Crippen LogP contribution in [0.15, 0.2) is 0 Å². The van der Waals surface area contributed by atoms with Crippen molar-refractivity contribution in [3.8, 4) is 0 Å². The summed E-state index contributed by atoms with van der Waals surface area (Å²) in [6.07, 6.45) is 3.21. The Hall–Kier alpha value is -0.770. The Morgan fingerprint density at radius 1 is 1.40 bits per heavy atom. The Balaban J connectivity index is 2.10. The van der Waals surface area contributed by atoms with Gasteiger partial charge in [0.2, 0.25) is 0 Å². The molecule has 2 aliphatic heterocycles. The fraction of sp³-hybridized carbons (Fsp3) is 0.909. The Labute approximate surface area is 91.2 Å². The molecular weight excluding hydrogens is 192 g/mol. The van der Waals surface area contributed by atoms with Crippen molar-refractivity contribution in [1.29, 1.82) is 0 Å². The molecule has 1 spiro atoms. The molecule has 4 heteroatoms. The van der Waals surface area contributed by atoms with Gasteiger partial charge in [-0.05, 0) is 25.8 Å². The predicted octanol–water partition coefficient (Wildman–Crippen LogP) is 1.31. The van der Waals surface area contributed by atoms with Crippen molar-refractivity contribution in [1.82, 2.24) is 9.80 Å². The average molecular weight is 212 g/mol. The van der Waals surface area contributed by atoms with Crippen LogP contribution in [0.3, 0.4) is 0 Å². The van der Waals surface area contributed by atoms with Crippen LogP contribution in [0.4, 0.5) is 4.79 Å². The highest BCUT2D eigenvalue weighted by atomic mass is 16.5. The zero-order chi connectivity index (χ0) is 10.9. The number of rotatable bonds is 1. The summed E-state index contributed by atoms with van der Waals surface area (Å²) in [7, 11) is 1.47. The van der Waals surface area contributed by atoms with Crippen molar-refractivity contribution in [2.75, 3.05) is 33.3 Å². The first kappa shape index (κ1) is 10.7. The summed E-state index contributed by atoms with van der Waals surface area (Å²) in [5.41, 5.74) is 0.0864. The lowest BCUT2D eigenvalue weighted by molar-refractivity contribution is 0.0878. The van der Waals surface area contributed by atoms with Gasteiger partial charge in [0.15, 0.2) is 0 Å². The van der Waals surface area contributed by atoms with Gasteiger partial charge in [-0.2, -0.15) is 0 Å². The van der Waals surface area contributed by atoms with Gasteiger partial charge in [0.25, 0.3) is 0 Å². The Morgan fingerprint density at radius 2 is 2.20 bits per heavy atom. The number of likely N-dealkylation sites (tertiary alicyclic amines) is 2.